The van der Waals surface area contributed by atoms with Gasteiger partial charge in [-0.3, -0.25) is 10.00 Å². The van der Waals surface area contributed by atoms with Crippen LogP contribution in [0.2, 0.25) is 0 Å². The molecule has 2 aromatic rings. The van der Waals surface area contributed by atoms with Crippen molar-refractivity contribution in [2.75, 3.05) is 13.1 Å². The quantitative estimate of drug-likeness (QED) is 0.821. The Balaban J connectivity index is 1.80. The lowest BCUT2D eigenvalue weighted by Crippen LogP contribution is -2.42. The van der Waals surface area contributed by atoms with Crippen LogP contribution < -0.4 is 5.73 Å². The van der Waals surface area contributed by atoms with Gasteiger partial charge in [-0.15, -0.1) is 0 Å². The van der Waals surface area contributed by atoms with E-state index < -0.39 is 0 Å². The second-order valence-electron chi connectivity index (χ2n) is 4.86. The van der Waals surface area contributed by atoms with Gasteiger partial charge in [0, 0.05) is 24.5 Å². The number of hydrogen-bond acceptors (Lipinski definition) is 3. The molecule has 90 valence electrons. The molecule has 4 nitrogen and oxygen atoms in total. The van der Waals surface area contributed by atoms with Gasteiger partial charge in [0.05, 0.1) is 11.2 Å². The summed E-state index contributed by atoms with van der Waals surface area (Å²) in [5, 5.41) is 8.69. The Hall–Kier alpha value is -1.39. The summed E-state index contributed by atoms with van der Waals surface area (Å²) in [7, 11) is 0. The first kappa shape index (κ1) is 10.7. The number of aromatic nitrogens is 2. The zero-order chi connectivity index (χ0) is 11.7. The molecule has 0 bridgehead atoms. The number of rotatable bonds is 2. The average Bonchev–Trinajstić information content (AvgIpc) is 2.73. The third-order valence-corrected chi connectivity index (χ3v) is 3.46. The number of piperidine rings is 1. The van der Waals surface area contributed by atoms with Crippen LogP contribution in [-0.2, 0) is 6.54 Å². The highest BCUT2D eigenvalue weighted by molar-refractivity contribution is 5.81. The van der Waals surface area contributed by atoms with Crippen LogP contribution in [0.5, 0.6) is 0 Å². The zero-order valence-electron chi connectivity index (χ0n) is 9.89. The topological polar surface area (TPSA) is 57.9 Å². The number of nitrogens with zero attached hydrogens (tertiary/aromatic N) is 2. The van der Waals surface area contributed by atoms with Gasteiger partial charge in [0.15, 0.2) is 0 Å². The highest BCUT2D eigenvalue weighted by Crippen LogP contribution is 2.18. The van der Waals surface area contributed by atoms with Gasteiger partial charge in [-0.2, -0.15) is 5.10 Å². The van der Waals surface area contributed by atoms with Gasteiger partial charge >= 0.3 is 0 Å². The number of fused-ring (bicyclic) bond motifs is 1. The number of likely N-dealkylation sites (tertiary alicyclic amines) is 1. The van der Waals surface area contributed by atoms with E-state index in [4.69, 9.17) is 5.73 Å². The molecular formula is C13H18N4. The SMILES string of the molecule is N[C@H]1CCCN(Cc2[nH]nc3ccccc23)C1. The molecule has 0 radical (unpaired) electrons. The summed E-state index contributed by atoms with van der Waals surface area (Å²) >= 11 is 0. The van der Waals surface area contributed by atoms with Crippen molar-refractivity contribution < 1.29 is 0 Å². The molecule has 0 spiro atoms. The molecule has 17 heavy (non-hydrogen) atoms. The standard InChI is InChI=1S/C13H18N4/c14-10-4-3-7-17(8-10)9-13-11-5-1-2-6-12(11)15-16-13/h1-2,5-6,10H,3-4,7-9,14H2,(H,15,16)/t10-/m0/s1. The lowest BCUT2D eigenvalue weighted by atomic mass is 10.1. The monoisotopic (exact) mass is 230 g/mol. The van der Waals surface area contributed by atoms with E-state index in [9.17, 15) is 0 Å². The molecule has 3 rings (SSSR count). The molecule has 1 aliphatic heterocycles. The summed E-state index contributed by atoms with van der Waals surface area (Å²) in [6, 6.07) is 8.57. The maximum atomic E-state index is 6.00. The third-order valence-electron chi connectivity index (χ3n) is 3.46. The van der Waals surface area contributed by atoms with E-state index in [-0.39, 0.29) is 0 Å². The summed E-state index contributed by atoms with van der Waals surface area (Å²) in [6.07, 6.45) is 2.35. The van der Waals surface area contributed by atoms with Crippen molar-refractivity contribution in [3.05, 3.63) is 30.0 Å². The summed E-state index contributed by atoms with van der Waals surface area (Å²) in [5.74, 6) is 0. The van der Waals surface area contributed by atoms with Crippen LogP contribution in [0.1, 0.15) is 18.5 Å². The van der Waals surface area contributed by atoms with Gasteiger partial charge in [-0.25, -0.2) is 0 Å². The predicted molar refractivity (Wildman–Crippen MR) is 68.6 cm³/mol. The van der Waals surface area contributed by atoms with Gasteiger partial charge in [-0.05, 0) is 25.5 Å². The summed E-state index contributed by atoms with van der Waals surface area (Å²) in [6.45, 7) is 3.06. The Bertz CT molecular complexity index is 505. The number of aromatic amines is 1. The van der Waals surface area contributed by atoms with Crippen LogP contribution in [0, 0.1) is 0 Å². The first-order valence-electron chi connectivity index (χ1n) is 6.23. The van der Waals surface area contributed by atoms with Crippen molar-refractivity contribution in [2.24, 2.45) is 5.73 Å². The lowest BCUT2D eigenvalue weighted by molar-refractivity contribution is 0.200. The van der Waals surface area contributed by atoms with Crippen molar-refractivity contribution in [1.29, 1.82) is 0 Å². The second kappa shape index (κ2) is 4.47. The minimum atomic E-state index is 0.331. The van der Waals surface area contributed by atoms with Crippen molar-refractivity contribution in [1.82, 2.24) is 15.1 Å². The first-order chi connectivity index (χ1) is 8.33. The van der Waals surface area contributed by atoms with Crippen LogP contribution in [0.3, 0.4) is 0 Å². The lowest BCUT2D eigenvalue weighted by Gasteiger charge is -2.30. The molecule has 0 aliphatic carbocycles. The number of H-pyrrole nitrogens is 1. The molecule has 1 atom stereocenters. The molecular weight excluding hydrogens is 212 g/mol. The normalized spacial score (nSPS) is 22.1. The summed E-state index contributed by atoms with van der Waals surface area (Å²) in [4.78, 5) is 2.41. The zero-order valence-corrected chi connectivity index (χ0v) is 9.89. The predicted octanol–water partition coefficient (Wildman–Crippen LogP) is 1.49. The second-order valence-corrected chi connectivity index (χ2v) is 4.86. The van der Waals surface area contributed by atoms with Crippen molar-refractivity contribution in [3.8, 4) is 0 Å². The fourth-order valence-corrected chi connectivity index (χ4v) is 2.59. The van der Waals surface area contributed by atoms with Gasteiger partial charge < -0.3 is 5.73 Å². The molecule has 1 aliphatic rings. The largest absolute Gasteiger partial charge is 0.327 e. The Morgan fingerprint density at radius 1 is 1.41 bits per heavy atom. The Morgan fingerprint density at radius 2 is 2.29 bits per heavy atom. The van der Waals surface area contributed by atoms with E-state index in [2.05, 4.69) is 27.2 Å². The molecule has 0 unspecified atom stereocenters. The number of benzene rings is 1. The summed E-state index contributed by atoms with van der Waals surface area (Å²) < 4.78 is 0. The molecule has 0 saturated carbocycles. The Morgan fingerprint density at radius 3 is 3.18 bits per heavy atom. The molecule has 1 saturated heterocycles. The number of para-hydroxylation sites is 1. The molecule has 1 aromatic carbocycles. The van der Waals surface area contributed by atoms with Crippen LogP contribution >= 0.6 is 0 Å². The maximum Gasteiger partial charge on any atom is 0.0924 e. The number of hydrogen-bond donors (Lipinski definition) is 2. The van der Waals surface area contributed by atoms with Crippen LogP contribution in [-0.4, -0.2) is 34.2 Å². The van der Waals surface area contributed by atoms with Gasteiger partial charge in [0.1, 0.15) is 0 Å². The van der Waals surface area contributed by atoms with Crippen molar-refractivity contribution >= 4 is 10.9 Å². The van der Waals surface area contributed by atoms with E-state index in [1.54, 1.807) is 0 Å². The molecule has 3 N–H and O–H groups in total. The minimum absolute atomic E-state index is 0.331. The third kappa shape index (κ3) is 2.18. The van der Waals surface area contributed by atoms with Gasteiger partial charge in [0.25, 0.3) is 0 Å². The van der Waals surface area contributed by atoms with Crippen LogP contribution in [0.4, 0.5) is 0 Å². The fraction of sp³-hybridized carbons (Fsp3) is 0.462. The molecule has 1 aromatic heterocycles. The van der Waals surface area contributed by atoms with E-state index in [1.807, 2.05) is 12.1 Å². The van der Waals surface area contributed by atoms with Gasteiger partial charge in [-0.1, -0.05) is 18.2 Å². The van der Waals surface area contributed by atoms with E-state index in [1.165, 1.54) is 17.5 Å². The average molecular weight is 230 g/mol. The molecule has 4 heteroatoms. The van der Waals surface area contributed by atoms with Crippen molar-refractivity contribution in [2.45, 2.75) is 25.4 Å². The number of nitrogens with one attached hydrogen (secondary N) is 1. The fourth-order valence-electron chi connectivity index (χ4n) is 2.59. The molecule has 0 amide bonds. The highest BCUT2D eigenvalue weighted by Gasteiger charge is 2.18. The van der Waals surface area contributed by atoms with E-state index >= 15 is 0 Å². The number of nitrogens with two attached hydrogens (primary N) is 1. The summed E-state index contributed by atoms with van der Waals surface area (Å²) in [5.41, 5.74) is 8.25. The van der Waals surface area contributed by atoms with Crippen LogP contribution in [0.15, 0.2) is 24.3 Å². The highest BCUT2D eigenvalue weighted by atomic mass is 15.2. The Kier molecular flexibility index (Phi) is 2.82. The van der Waals surface area contributed by atoms with Crippen molar-refractivity contribution in [3.63, 3.8) is 0 Å². The van der Waals surface area contributed by atoms with Crippen LogP contribution in [0.25, 0.3) is 10.9 Å². The maximum absolute atomic E-state index is 6.00. The molecule has 2 heterocycles. The minimum Gasteiger partial charge on any atom is -0.327 e. The first-order valence-corrected chi connectivity index (χ1v) is 6.23. The van der Waals surface area contributed by atoms with E-state index in [0.717, 1.165) is 31.6 Å². The Labute approximate surface area is 101 Å². The van der Waals surface area contributed by atoms with Gasteiger partial charge in [0.2, 0.25) is 0 Å². The smallest absolute Gasteiger partial charge is 0.0924 e. The van der Waals surface area contributed by atoms with E-state index in [0.29, 0.717) is 6.04 Å². The molecule has 1 fully saturated rings.